The number of sulfonamides is 1. The molecule has 0 bridgehead atoms. The van der Waals surface area contributed by atoms with Crippen molar-refractivity contribution in [3.8, 4) is 0 Å². The second-order valence-corrected chi connectivity index (χ2v) is 12.4. The molecule has 3 aromatic rings. The number of nitrogens with one attached hydrogen (secondary N) is 1. The maximum atomic E-state index is 14.0. The van der Waals surface area contributed by atoms with Crippen molar-refractivity contribution in [2.75, 3.05) is 10.8 Å². The number of halogens is 4. The summed E-state index contributed by atoms with van der Waals surface area (Å²) in [4.78, 5) is 28.2. The molecule has 12 heteroatoms. The molecule has 1 N–H and O–H groups in total. The first-order valence-corrected chi connectivity index (χ1v) is 15.1. The van der Waals surface area contributed by atoms with E-state index in [4.69, 9.17) is 11.6 Å². The molecule has 42 heavy (non-hydrogen) atoms. The lowest BCUT2D eigenvalue weighted by Crippen LogP contribution is -2.53. The molecule has 0 aromatic heterocycles. The zero-order valence-corrected chi connectivity index (χ0v) is 25.2. The minimum atomic E-state index is -4.88. The van der Waals surface area contributed by atoms with E-state index in [9.17, 15) is 31.2 Å². The Hall–Kier alpha value is -3.57. The van der Waals surface area contributed by atoms with Crippen LogP contribution in [0.3, 0.4) is 0 Å². The number of benzene rings is 3. The SMILES string of the molecule is CC[C@@H](C(=O)NC(C)C)N(Cc1ccccc1)C(=O)CN(c1ccc(Cl)c(C(F)(F)F)c1)S(=O)(=O)c1ccc(C)cc1. The minimum Gasteiger partial charge on any atom is -0.352 e. The van der Waals surface area contributed by atoms with Gasteiger partial charge in [-0.1, -0.05) is 66.6 Å². The summed E-state index contributed by atoms with van der Waals surface area (Å²) in [7, 11) is -4.54. The first kappa shape index (κ1) is 32.9. The number of hydrogen-bond acceptors (Lipinski definition) is 4. The molecule has 0 radical (unpaired) electrons. The van der Waals surface area contributed by atoms with Gasteiger partial charge in [-0.05, 0) is 63.1 Å². The molecule has 3 rings (SSSR count). The van der Waals surface area contributed by atoms with E-state index in [-0.39, 0.29) is 23.9 Å². The van der Waals surface area contributed by atoms with Crippen LogP contribution in [0.5, 0.6) is 0 Å². The smallest absolute Gasteiger partial charge is 0.352 e. The summed E-state index contributed by atoms with van der Waals surface area (Å²) in [5.41, 5.74) is -0.207. The van der Waals surface area contributed by atoms with Gasteiger partial charge in [0.05, 0.1) is 21.2 Å². The number of carbonyl (C=O) groups excluding carboxylic acids is 2. The van der Waals surface area contributed by atoms with Gasteiger partial charge in [0.25, 0.3) is 10.0 Å². The van der Waals surface area contributed by atoms with Gasteiger partial charge in [0.15, 0.2) is 0 Å². The van der Waals surface area contributed by atoms with Crippen LogP contribution in [-0.4, -0.2) is 43.8 Å². The van der Waals surface area contributed by atoms with Crippen LogP contribution in [-0.2, 0) is 32.3 Å². The maximum Gasteiger partial charge on any atom is 0.417 e. The number of rotatable bonds is 11. The third kappa shape index (κ3) is 8.04. The molecule has 7 nitrogen and oxygen atoms in total. The van der Waals surface area contributed by atoms with E-state index in [1.54, 1.807) is 70.2 Å². The van der Waals surface area contributed by atoms with Gasteiger partial charge in [-0.25, -0.2) is 8.42 Å². The highest BCUT2D eigenvalue weighted by atomic mass is 35.5. The van der Waals surface area contributed by atoms with Gasteiger partial charge < -0.3 is 10.2 Å². The molecule has 0 fully saturated rings. The van der Waals surface area contributed by atoms with Gasteiger partial charge in [-0.3, -0.25) is 13.9 Å². The van der Waals surface area contributed by atoms with E-state index in [0.29, 0.717) is 15.9 Å². The monoisotopic (exact) mass is 623 g/mol. The Kier molecular flexibility index (Phi) is 10.7. The number of anilines is 1. The summed E-state index contributed by atoms with van der Waals surface area (Å²) in [6.45, 7) is 6.10. The molecule has 0 saturated carbocycles. The normalized spacial score (nSPS) is 12.6. The Morgan fingerprint density at radius 3 is 2.14 bits per heavy atom. The van der Waals surface area contributed by atoms with Crippen molar-refractivity contribution in [2.45, 2.75) is 63.8 Å². The predicted molar refractivity (Wildman–Crippen MR) is 157 cm³/mol. The summed E-state index contributed by atoms with van der Waals surface area (Å²) in [5, 5.41) is 2.17. The lowest BCUT2D eigenvalue weighted by atomic mass is 10.1. The summed E-state index contributed by atoms with van der Waals surface area (Å²) in [6, 6.07) is 16.0. The van der Waals surface area contributed by atoms with Crippen LogP contribution >= 0.6 is 11.6 Å². The third-order valence-electron chi connectivity index (χ3n) is 6.44. The number of carbonyl (C=O) groups is 2. The molecule has 226 valence electrons. The minimum absolute atomic E-state index is 0.0312. The molecule has 2 amide bonds. The second-order valence-electron chi connectivity index (χ2n) is 10.1. The lowest BCUT2D eigenvalue weighted by molar-refractivity contribution is -0.140. The number of nitrogens with zero attached hydrogens (tertiary/aromatic N) is 2. The molecular weight excluding hydrogens is 591 g/mol. The van der Waals surface area contributed by atoms with Crippen molar-refractivity contribution in [3.05, 3.63) is 94.5 Å². The second kappa shape index (κ2) is 13.6. The summed E-state index contributed by atoms with van der Waals surface area (Å²) in [5.74, 6) is -1.21. The van der Waals surface area contributed by atoms with Gasteiger partial charge >= 0.3 is 6.18 Å². The standard InChI is InChI=1S/C30H33ClF3N3O4S/c1-5-27(29(39)35-20(2)3)36(18-22-9-7-6-8-10-22)28(38)19-37(42(40,41)24-14-11-21(4)12-15-24)23-13-16-26(31)25(17-23)30(32,33)34/h6-17,20,27H,5,18-19H2,1-4H3,(H,35,39)/t27-/m0/s1. The highest BCUT2D eigenvalue weighted by Gasteiger charge is 2.37. The van der Waals surface area contributed by atoms with Crippen molar-refractivity contribution in [1.29, 1.82) is 0 Å². The van der Waals surface area contributed by atoms with Crippen LogP contribution in [0.1, 0.15) is 43.9 Å². The van der Waals surface area contributed by atoms with E-state index in [1.807, 2.05) is 0 Å². The van der Waals surface area contributed by atoms with Crippen LogP contribution < -0.4 is 9.62 Å². The van der Waals surface area contributed by atoms with Crippen LogP contribution in [0.4, 0.5) is 18.9 Å². The first-order valence-electron chi connectivity index (χ1n) is 13.2. The molecular formula is C30H33ClF3N3O4S. The summed E-state index contributed by atoms with van der Waals surface area (Å²) >= 11 is 5.81. The van der Waals surface area contributed by atoms with E-state index in [0.717, 1.165) is 17.7 Å². The maximum absolute atomic E-state index is 14.0. The molecule has 0 saturated heterocycles. The number of aryl methyl sites for hydroxylation is 1. The number of amides is 2. The van der Waals surface area contributed by atoms with Crippen LogP contribution in [0.25, 0.3) is 0 Å². The zero-order valence-electron chi connectivity index (χ0n) is 23.7. The molecule has 0 spiro atoms. The topological polar surface area (TPSA) is 86.8 Å². The Labute approximate surface area is 249 Å². The van der Waals surface area contributed by atoms with Gasteiger partial charge in [-0.2, -0.15) is 13.2 Å². The number of alkyl halides is 3. The largest absolute Gasteiger partial charge is 0.417 e. The molecule has 0 aliphatic heterocycles. The quantitative estimate of drug-likeness (QED) is 0.276. The van der Waals surface area contributed by atoms with Crippen molar-refractivity contribution in [2.24, 2.45) is 0 Å². The fourth-order valence-corrected chi connectivity index (χ4v) is 5.96. The molecule has 1 atom stereocenters. The van der Waals surface area contributed by atoms with E-state index >= 15 is 0 Å². The Morgan fingerprint density at radius 1 is 0.976 bits per heavy atom. The first-order chi connectivity index (χ1) is 19.6. The highest BCUT2D eigenvalue weighted by Crippen LogP contribution is 2.38. The molecule has 0 aliphatic rings. The average Bonchev–Trinajstić information content (AvgIpc) is 2.91. The van der Waals surface area contributed by atoms with Crippen molar-refractivity contribution in [3.63, 3.8) is 0 Å². The van der Waals surface area contributed by atoms with Crippen LogP contribution in [0.15, 0.2) is 77.7 Å². The van der Waals surface area contributed by atoms with Gasteiger partial charge in [0.1, 0.15) is 12.6 Å². The molecule has 3 aromatic carbocycles. The zero-order chi connectivity index (χ0) is 31.2. The highest BCUT2D eigenvalue weighted by molar-refractivity contribution is 7.92. The van der Waals surface area contributed by atoms with Gasteiger partial charge in [0.2, 0.25) is 11.8 Å². The van der Waals surface area contributed by atoms with Crippen molar-refractivity contribution >= 4 is 39.1 Å². The van der Waals surface area contributed by atoms with Crippen LogP contribution in [0.2, 0.25) is 5.02 Å². The summed E-state index contributed by atoms with van der Waals surface area (Å²) in [6.07, 6.45) is -4.67. The fraction of sp³-hybridized carbons (Fsp3) is 0.333. The van der Waals surface area contributed by atoms with E-state index < -0.39 is 56.9 Å². The summed E-state index contributed by atoms with van der Waals surface area (Å²) < 4.78 is 69.7. The van der Waals surface area contributed by atoms with Crippen molar-refractivity contribution in [1.82, 2.24) is 10.2 Å². The predicted octanol–water partition coefficient (Wildman–Crippen LogP) is 6.19. The fourth-order valence-electron chi connectivity index (χ4n) is 4.33. The van der Waals surface area contributed by atoms with Gasteiger partial charge in [-0.15, -0.1) is 0 Å². The van der Waals surface area contributed by atoms with Gasteiger partial charge in [0, 0.05) is 12.6 Å². The van der Waals surface area contributed by atoms with Crippen LogP contribution in [0, 0.1) is 6.92 Å². The molecule has 0 aliphatic carbocycles. The number of hydrogen-bond donors (Lipinski definition) is 1. The lowest BCUT2D eigenvalue weighted by Gasteiger charge is -2.33. The van der Waals surface area contributed by atoms with E-state index in [2.05, 4.69) is 5.32 Å². The Balaban J connectivity index is 2.14. The van der Waals surface area contributed by atoms with E-state index in [1.165, 1.54) is 17.0 Å². The average molecular weight is 624 g/mol. The Bertz CT molecular complexity index is 1500. The van der Waals surface area contributed by atoms with Crippen molar-refractivity contribution < 1.29 is 31.2 Å². The third-order valence-corrected chi connectivity index (χ3v) is 8.56. The Morgan fingerprint density at radius 2 is 1.60 bits per heavy atom. The molecule has 0 unspecified atom stereocenters. The molecule has 0 heterocycles.